The van der Waals surface area contributed by atoms with E-state index in [-0.39, 0.29) is 6.04 Å². The zero-order valence-corrected chi connectivity index (χ0v) is 11.4. The van der Waals surface area contributed by atoms with Gasteiger partial charge in [-0.2, -0.15) is 0 Å². The molecular formula is C15H18ClNO. The molecule has 1 aromatic heterocycles. The molecule has 2 aromatic rings. The zero-order valence-electron chi connectivity index (χ0n) is 10.7. The lowest BCUT2D eigenvalue weighted by atomic mass is 10.0. The fraction of sp³-hybridized carbons (Fsp3) is 0.333. The van der Waals surface area contributed by atoms with Crippen molar-refractivity contribution in [3.63, 3.8) is 0 Å². The number of halogens is 1. The summed E-state index contributed by atoms with van der Waals surface area (Å²) in [5.74, 6) is 0.961. The molecular weight excluding hydrogens is 246 g/mol. The fourth-order valence-electron chi connectivity index (χ4n) is 2.07. The van der Waals surface area contributed by atoms with E-state index in [1.807, 2.05) is 24.3 Å². The Labute approximate surface area is 113 Å². The highest BCUT2D eigenvalue weighted by atomic mass is 35.5. The van der Waals surface area contributed by atoms with Gasteiger partial charge in [-0.3, -0.25) is 0 Å². The Morgan fingerprint density at radius 2 is 1.94 bits per heavy atom. The monoisotopic (exact) mass is 263 g/mol. The first-order chi connectivity index (χ1) is 8.70. The Morgan fingerprint density at radius 1 is 1.22 bits per heavy atom. The van der Waals surface area contributed by atoms with Gasteiger partial charge in [0.15, 0.2) is 0 Å². The molecule has 0 aliphatic heterocycles. The van der Waals surface area contributed by atoms with E-state index >= 15 is 0 Å². The molecule has 0 aliphatic rings. The van der Waals surface area contributed by atoms with Crippen LogP contribution in [-0.2, 0) is 0 Å². The summed E-state index contributed by atoms with van der Waals surface area (Å²) in [7, 11) is 0. The van der Waals surface area contributed by atoms with Crippen molar-refractivity contribution >= 4 is 11.6 Å². The summed E-state index contributed by atoms with van der Waals surface area (Å²) < 4.78 is 5.41. The van der Waals surface area contributed by atoms with Crippen LogP contribution in [-0.4, -0.2) is 0 Å². The Balaban J connectivity index is 2.07. The maximum Gasteiger partial charge on any atom is 0.120 e. The molecule has 0 aliphatic carbocycles. The van der Waals surface area contributed by atoms with Crippen molar-refractivity contribution in [1.82, 2.24) is 5.32 Å². The van der Waals surface area contributed by atoms with Gasteiger partial charge in [-0.05, 0) is 43.2 Å². The standard InChI is InChI=1S/C15H18ClNO/c1-3-14(12-6-8-13(16)9-7-12)17-11(2)15-5-4-10-18-15/h4-11,14,17H,3H2,1-2H3/t11-,14?/m1/s1. The smallest absolute Gasteiger partial charge is 0.120 e. The predicted molar refractivity (Wildman–Crippen MR) is 74.7 cm³/mol. The van der Waals surface area contributed by atoms with Crippen LogP contribution in [0.5, 0.6) is 0 Å². The van der Waals surface area contributed by atoms with Gasteiger partial charge in [0.05, 0.1) is 12.3 Å². The van der Waals surface area contributed by atoms with Crippen molar-refractivity contribution in [1.29, 1.82) is 0 Å². The van der Waals surface area contributed by atoms with Crippen LogP contribution in [0.1, 0.15) is 43.7 Å². The summed E-state index contributed by atoms with van der Waals surface area (Å²) in [6.45, 7) is 4.28. The lowest BCUT2D eigenvalue weighted by molar-refractivity contribution is 0.387. The lowest BCUT2D eigenvalue weighted by Crippen LogP contribution is -2.23. The highest BCUT2D eigenvalue weighted by Gasteiger charge is 2.15. The van der Waals surface area contributed by atoms with E-state index in [0.29, 0.717) is 6.04 Å². The number of hydrogen-bond donors (Lipinski definition) is 1. The first-order valence-electron chi connectivity index (χ1n) is 6.25. The molecule has 3 heteroatoms. The second kappa shape index (κ2) is 6.07. The molecule has 1 aromatic carbocycles. The molecule has 2 atom stereocenters. The molecule has 0 radical (unpaired) electrons. The van der Waals surface area contributed by atoms with Gasteiger partial charge in [-0.1, -0.05) is 30.7 Å². The molecule has 18 heavy (non-hydrogen) atoms. The summed E-state index contributed by atoms with van der Waals surface area (Å²) in [6.07, 6.45) is 2.73. The maximum absolute atomic E-state index is 5.91. The van der Waals surface area contributed by atoms with Gasteiger partial charge in [-0.15, -0.1) is 0 Å². The Bertz CT molecular complexity index is 464. The number of nitrogens with one attached hydrogen (secondary N) is 1. The average Bonchev–Trinajstić information content (AvgIpc) is 2.91. The minimum atomic E-state index is 0.195. The van der Waals surface area contributed by atoms with Crippen LogP contribution in [0.15, 0.2) is 47.1 Å². The third-order valence-electron chi connectivity index (χ3n) is 3.10. The van der Waals surface area contributed by atoms with E-state index in [2.05, 4.69) is 31.3 Å². The average molecular weight is 264 g/mol. The molecule has 1 heterocycles. The van der Waals surface area contributed by atoms with Crippen molar-refractivity contribution in [3.05, 3.63) is 59.0 Å². The van der Waals surface area contributed by atoms with E-state index in [0.717, 1.165) is 17.2 Å². The van der Waals surface area contributed by atoms with E-state index in [9.17, 15) is 0 Å². The summed E-state index contributed by atoms with van der Waals surface area (Å²) >= 11 is 5.91. The molecule has 0 amide bonds. The van der Waals surface area contributed by atoms with Crippen molar-refractivity contribution in [3.8, 4) is 0 Å². The van der Waals surface area contributed by atoms with Crippen molar-refractivity contribution in [2.75, 3.05) is 0 Å². The molecule has 0 saturated carbocycles. The highest BCUT2D eigenvalue weighted by Crippen LogP contribution is 2.23. The van der Waals surface area contributed by atoms with E-state index in [1.165, 1.54) is 5.56 Å². The van der Waals surface area contributed by atoms with E-state index in [4.69, 9.17) is 16.0 Å². The lowest BCUT2D eigenvalue weighted by Gasteiger charge is -2.21. The van der Waals surface area contributed by atoms with Crippen molar-refractivity contribution in [2.45, 2.75) is 32.4 Å². The van der Waals surface area contributed by atoms with Crippen LogP contribution in [0.3, 0.4) is 0 Å². The largest absolute Gasteiger partial charge is 0.468 e. The SMILES string of the molecule is CCC(N[C@H](C)c1ccco1)c1ccc(Cl)cc1. The quantitative estimate of drug-likeness (QED) is 0.843. The van der Waals surface area contributed by atoms with Crippen LogP contribution in [0, 0.1) is 0 Å². The normalized spacial score (nSPS) is 14.4. The molecule has 1 unspecified atom stereocenters. The van der Waals surface area contributed by atoms with Crippen molar-refractivity contribution in [2.24, 2.45) is 0 Å². The van der Waals surface area contributed by atoms with Gasteiger partial charge in [0.2, 0.25) is 0 Å². The highest BCUT2D eigenvalue weighted by molar-refractivity contribution is 6.30. The van der Waals surface area contributed by atoms with E-state index < -0.39 is 0 Å². The van der Waals surface area contributed by atoms with Crippen LogP contribution in [0.4, 0.5) is 0 Å². The molecule has 0 saturated heterocycles. The zero-order chi connectivity index (χ0) is 13.0. The third kappa shape index (κ3) is 3.15. The van der Waals surface area contributed by atoms with Gasteiger partial charge in [0.25, 0.3) is 0 Å². The minimum Gasteiger partial charge on any atom is -0.468 e. The van der Waals surface area contributed by atoms with Gasteiger partial charge in [0, 0.05) is 11.1 Å². The van der Waals surface area contributed by atoms with Crippen LogP contribution in [0.25, 0.3) is 0 Å². The summed E-state index contributed by atoms with van der Waals surface area (Å²) in [4.78, 5) is 0. The summed E-state index contributed by atoms with van der Waals surface area (Å²) in [6, 6.07) is 12.4. The Kier molecular flexibility index (Phi) is 4.45. The summed E-state index contributed by atoms with van der Waals surface area (Å²) in [5.41, 5.74) is 1.25. The van der Waals surface area contributed by atoms with Gasteiger partial charge in [-0.25, -0.2) is 0 Å². The summed E-state index contributed by atoms with van der Waals surface area (Å²) in [5, 5.41) is 4.34. The van der Waals surface area contributed by atoms with Crippen LogP contribution >= 0.6 is 11.6 Å². The third-order valence-corrected chi connectivity index (χ3v) is 3.35. The first-order valence-corrected chi connectivity index (χ1v) is 6.63. The molecule has 0 spiro atoms. The molecule has 1 N–H and O–H groups in total. The first kappa shape index (κ1) is 13.2. The molecule has 2 nitrogen and oxygen atoms in total. The molecule has 96 valence electrons. The predicted octanol–water partition coefficient (Wildman–Crippen LogP) is 4.73. The fourth-order valence-corrected chi connectivity index (χ4v) is 2.19. The van der Waals surface area contributed by atoms with Gasteiger partial charge < -0.3 is 9.73 Å². The number of furan rings is 1. The van der Waals surface area contributed by atoms with Gasteiger partial charge >= 0.3 is 0 Å². The topological polar surface area (TPSA) is 25.2 Å². The van der Waals surface area contributed by atoms with Crippen LogP contribution in [0.2, 0.25) is 5.02 Å². The molecule has 2 rings (SSSR count). The second-order valence-corrected chi connectivity index (χ2v) is 4.85. The van der Waals surface area contributed by atoms with Crippen molar-refractivity contribution < 1.29 is 4.42 Å². The second-order valence-electron chi connectivity index (χ2n) is 4.42. The molecule has 0 bridgehead atoms. The number of hydrogen-bond acceptors (Lipinski definition) is 2. The Hall–Kier alpha value is -1.25. The number of rotatable bonds is 5. The van der Waals surface area contributed by atoms with E-state index in [1.54, 1.807) is 6.26 Å². The maximum atomic E-state index is 5.91. The van der Waals surface area contributed by atoms with Crippen LogP contribution < -0.4 is 5.32 Å². The molecule has 0 fully saturated rings. The minimum absolute atomic E-state index is 0.195. The Morgan fingerprint density at radius 3 is 2.50 bits per heavy atom. The number of benzene rings is 1. The van der Waals surface area contributed by atoms with Gasteiger partial charge in [0.1, 0.15) is 5.76 Å².